The lowest BCUT2D eigenvalue weighted by molar-refractivity contribution is 0.722. The maximum Gasteiger partial charge on any atom is 0.0692 e. The first-order valence-electron chi connectivity index (χ1n) is 3.37. The minimum absolute atomic E-state index is 0.453. The van der Waals surface area contributed by atoms with Crippen LogP contribution in [0.2, 0.25) is 18.1 Å². The molecule has 0 atom stereocenters. The molecule has 0 amide bonds. The van der Waals surface area contributed by atoms with Crippen molar-refractivity contribution in [1.29, 1.82) is 0 Å². The van der Waals surface area contributed by atoms with Gasteiger partial charge in [-0.3, -0.25) is 0 Å². The van der Waals surface area contributed by atoms with Crippen LogP contribution < -0.4 is 0 Å². The van der Waals surface area contributed by atoms with Gasteiger partial charge in [-0.1, -0.05) is 33.9 Å². The fraction of sp³-hybridized carbons (Fsp3) is 1.00. The summed E-state index contributed by atoms with van der Waals surface area (Å²) in [6.07, 6.45) is 0. The molecular weight excluding hydrogens is 148 g/mol. The molecule has 0 nitrogen and oxygen atoms in total. The average Bonchev–Trinajstić information content (AvgIpc) is 1.64. The van der Waals surface area contributed by atoms with Gasteiger partial charge in [-0.2, -0.15) is 0 Å². The van der Waals surface area contributed by atoms with Crippen LogP contribution in [0.25, 0.3) is 0 Å². The third kappa shape index (κ3) is 2.30. The van der Waals surface area contributed by atoms with Crippen LogP contribution >= 0.6 is 11.6 Å². The summed E-state index contributed by atoms with van der Waals surface area (Å²) in [4.78, 5) is 0. The first kappa shape index (κ1) is 9.51. The van der Waals surface area contributed by atoms with Crippen molar-refractivity contribution in [2.45, 2.75) is 38.9 Å². The van der Waals surface area contributed by atoms with Gasteiger partial charge in [0.2, 0.25) is 0 Å². The number of rotatable bonds is 1. The summed E-state index contributed by atoms with van der Waals surface area (Å²) in [5.41, 5.74) is 0.872. The lowest BCUT2D eigenvalue weighted by Gasteiger charge is -2.34. The van der Waals surface area contributed by atoms with E-state index in [9.17, 15) is 0 Å². The molecule has 0 fully saturated rings. The summed E-state index contributed by atoms with van der Waals surface area (Å²) in [5.74, 6) is 0. The predicted molar refractivity (Wildman–Crippen MR) is 47.9 cm³/mol. The SMILES string of the molecule is CC(C)(C)[Si](C)(C)CCl. The predicted octanol–water partition coefficient (Wildman–Crippen LogP) is 3.27. The topological polar surface area (TPSA) is 0 Å². The Kier molecular flexibility index (Phi) is 2.78. The highest BCUT2D eigenvalue weighted by atomic mass is 35.5. The molecule has 0 aliphatic carbocycles. The molecule has 0 aromatic rings. The highest BCUT2D eigenvalue weighted by Crippen LogP contribution is 2.36. The van der Waals surface area contributed by atoms with E-state index in [1.54, 1.807) is 0 Å². The van der Waals surface area contributed by atoms with Gasteiger partial charge in [0.25, 0.3) is 0 Å². The molecule has 0 saturated carbocycles. The summed E-state index contributed by atoms with van der Waals surface area (Å²) >= 11 is 5.84. The van der Waals surface area contributed by atoms with E-state index in [4.69, 9.17) is 11.6 Å². The second-order valence-electron chi connectivity index (χ2n) is 4.27. The first-order valence-corrected chi connectivity index (χ1v) is 7.11. The number of alkyl halides is 1. The van der Waals surface area contributed by atoms with Crippen molar-refractivity contribution in [1.82, 2.24) is 0 Å². The smallest absolute Gasteiger partial charge is 0.0692 e. The van der Waals surface area contributed by atoms with Crippen LogP contribution in [0.3, 0.4) is 0 Å². The van der Waals surface area contributed by atoms with Gasteiger partial charge in [-0.05, 0) is 5.04 Å². The molecule has 9 heavy (non-hydrogen) atoms. The molecule has 0 saturated heterocycles. The minimum Gasteiger partial charge on any atom is -0.130 e. The Labute approximate surface area is 64.6 Å². The molecule has 0 unspecified atom stereocenters. The highest BCUT2D eigenvalue weighted by Gasteiger charge is 2.33. The number of hydrogen-bond donors (Lipinski definition) is 0. The van der Waals surface area contributed by atoms with E-state index < -0.39 is 8.07 Å². The Morgan fingerprint density at radius 3 is 1.56 bits per heavy atom. The zero-order chi connectivity index (χ0) is 7.71. The van der Waals surface area contributed by atoms with E-state index in [1.165, 1.54) is 0 Å². The van der Waals surface area contributed by atoms with E-state index >= 15 is 0 Å². The van der Waals surface area contributed by atoms with Gasteiger partial charge >= 0.3 is 0 Å². The van der Waals surface area contributed by atoms with Crippen molar-refractivity contribution < 1.29 is 0 Å². The molecule has 0 aromatic heterocycles. The Balaban J connectivity index is 4.14. The summed E-state index contributed by atoms with van der Waals surface area (Å²) in [7, 11) is -1.11. The second kappa shape index (κ2) is 2.63. The fourth-order valence-electron chi connectivity index (χ4n) is 0.200. The summed E-state index contributed by atoms with van der Waals surface area (Å²) < 4.78 is 0. The highest BCUT2D eigenvalue weighted by molar-refractivity contribution is 6.85. The number of halogens is 1. The van der Waals surface area contributed by atoms with Gasteiger partial charge in [0.15, 0.2) is 0 Å². The van der Waals surface area contributed by atoms with Gasteiger partial charge in [0.05, 0.1) is 8.07 Å². The van der Waals surface area contributed by atoms with Crippen LogP contribution in [-0.4, -0.2) is 13.6 Å². The van der Waals surface area contributed by atoms with Crippen LogP contribution in [-0.2, 0) is 0 Å². The molecule has 0 heterocycles. The van der Waals surface area contributed by atoms with E-state index in [0.717, 1.165) is 5.50 Å². The molecule has 56 valence electrons. The van der Waals surface area contributed by atoms with E-state index in [1.807, 2.05) is 0 Å². The third-order valence-electron chi connectivity index (χ3n) is 2.36. The molecule has 2 heteroatoms. The Bertz CT molecular complexity index is 91.6. The van der Waals surface area contributed by atoms with Crippen molar-refractivity contribution in [2.75, 3.05) is 5.50 Å². The lowest BCUT2D eigenvalue weighted by Crippen LogP contribution is -2.39. The third-order valence-corrected chi connectivity index (χ3v) is 9.10. The summed E-state index contributed by atoms with van der Waals surface area (Å²) in [5, 5.41) is 0.453. The van der Waals surface area contributed by atoms with E-state index in [0.29, 0.717) is 5.04 Å². The van der Waals surface area contributed by atoms with Crippen LogP contribution in [0.1, 0.15) is 20.8 Å². The molecular formula is C7H17ClSi. The second-order valence-corrected chi connectivity index (χ2v) is 10.6. The molecule has 0 aliphatic heterocycles. The van der Waals surface area contributed by atoms with Crippen molar-refractivity contribution in [3.05, 3.63) is 0 Å². The molecule has 0 radical (unpaired) electrons. The van der Waals surface area contributed by atoms with Crippen LogP contribution in [0.15, 0.2) is 0 Å². The lowest BCUT2D eigenvalue weighted by atomic mass is 10.2. The fourth-order valence-corrected chi connectivity index (χ4v) is 1.80. The molecule has 0 aliphatic rings. The van der Waals surface area contributed by atoms with Crippen LogP contribution in [0, 0.1) is 0 Å². The largest absolute Gasteiger partial charge is 0.130 e. The Morgan fingerprint density at radius 2 is 1.56 bits per heavy atom. The van der Waals surface area contributed by atoms with Crippen LogP contribution in [0.5, 0.6) is 0 Å². The normalized spacial score (nSPS) is 14.0. The van der Waals surface area contributed by atoms with Gasteiger partial charge < -0.3 is 0 Å². The maximum absolute atomic E-state index is 5.84. The Morgan fingerprint density at radius 1 is 1.22 bits per heavy atom. The van der Waals surface area contributed by atoms with Crippen LogP contribution in [0.4, 0.5) is 0 Å². The quantitative estimate of drug-likeness (QED) is 0.412. The zero-order valence-corrected chi connectivity index (χ0v) is 8.84. The van der Waals surface area contributed by atoms with E-state index in [-0.39, 0.29) is 0 Å². The van der Waals surface area contributed by atoms with Gasteiger partial charge in [0.1, 0.15) is 0 Å². The van der Waals surface area contributed by atoms with Crippen molar-refractivity contribution in [3.8, 4) is 0 Å². The monoisotopic (exact) mass is 164 g/mol. The standard InChI is InChI=1S/C7H17ClSi/c1-7(2,3)9(4,5)6-8/h6H2,1-5H3. The Hall–Kier alpha value is 0.507. The molecule has 0 spiro atoms. The minimum atomic E-state index is -1.11. The molecule has 0 bridgehead atoms. The molecule has 0 aromatic carbocycles. The summed E-state index contributed by atoms with van der Waals surface area (Å²) in [6, 6.07) is 0. The van der Waals surface area contributed by atoms with Crippen molar-refractivity contribution in [2.24, 2.45) is 0 Å². The zero-order valence-electron chi connectivity index (χ0n) is 7.09. The van der Waals surface area contributed by atoms with Crippen molar-refractivity contribution >= 4 is 19.7 Å². The van der Waals surface area contributed by atoms with E-state index in [2.05, 4.69) is 33.9 Å². The van der Waals surface area contributed by atoms with Gasteiger partial charge in [-0.25, -0.2) is 0 Å². The average molecular weight is 165 g/mol. The maximum atomic E-state index is 5.84. The van der Waals surface area contributed by atoms with Gasteiger partial charge in [0, 0.05) is 5.50 Å². The van der Waals surface area contributed by atoms with Gasteiger partial charge in [-0.15, -0.1) is 11.6 Å². The number of hydrogen-bond acceptors (Lipinski definition) is 0. The molecule has 0 N–H and O–H groups in total. The summed E-state index contributed by atoms with van der Waals surface area (Å²) in [6.45, 7) is 11.5. The molecule has 0 rings (SSSR count). The first-order chi connectivity index (χ1) is 3.81. The van der Waals surface area contributed by atoms with Crippen molar-refractivity contribution in [3.63, 3.8) is 0 Å².